The standard InChI is InChI=1S/C75H133N2O7P/c1-7-10-13-16-19-22-25-28-30-32-34-36-38-40-42-44-46-49-52-55-58-61-64-67-74(78)76-72(71-83-85(80,81)82-70-69-77(4,5)6)73(66-63-60-57-54-51-48-27-24-21-18-15-12-9-3)84-75(79)68-65-62-59-56-53-50-47-45-43-41-39-37-35-33-31-29-26-23-20-17-14-11-8-2/h10,13,19-20,22-23,28-31,34,36,40,42,46,49,63,66,72-73H,7-9,11-12,14-18,21,24-27,32-33,35,37-39,41,43-45,47-48,50-62,64-65,67-71H2,1-6H3,(H-,76,78,80,81)/p+1/b13-10-,22-19-,23-20-,30-28-,31-29-,36-34-,42-40-,49-46-,66-63+. The predicted octanol–water partition coefficient (Wildman–Crippen LogP) is 22.5. The number of unbranched alkanes of at least 4 members (excludes halogenated alkanes) is 31. The summed E-state index contributed by atoms with van der Waals surface area (Å²) >= 11 is 0. The second-order valence-corrected chi connectivity index (χ2v) is 26.1. The Bertz CT molecular complexity index is 1820. The molecule has 0 aromatic heterocycles. The lowest BCUT2D eigenvalue weighted by molar-refractivity contribution is -0.870. The molecule has 0 saturated carbocycles. The van der Waals surface area contributed by atoms with Crippen molar-refractivity contribution < 1.29 is 37.3 Å². The van der Waals surface area contributed by atoms with Crippen molar-refractivity contribution in [3.05, 3.63) is 109 Å². The molecule has 0 spiro atoms. The van der Waals surface area contributed by atoms with Crippen molar-refractivity contribution in [2.45, 2.75) is 315 Å². The largest absolute Gasteiger partial charge is 0.472 e. The molecule has 2 N–H and O–H groups in total. The molecule has 0 heterocycles. The molecule has 490 valence electrons. The van der Waals surface area contributed by atoms with Crippen LogP contribution in [0.25, 0.3) is 0 Å². The smallest absolute Gasteiger partial charge is 0.456 e. The van der Waals surface area contributed by atoms with Gasteiger partial charge in [-0.05, 0) is 115 Å². The number of nitrogens with one attached hydrogen (secondary N) is 1. The summed E-state index contributed by atoms with van der Waals surface area (Å²) in [5.74, 6) is -0.533. The highest BCUT2D eigenvalue weighted by molar-refractivity contribution is 7.47. The molecular formula is C75H134N2O7P+. The van der Waals surface area contributed by atoms with E-state index in [1.54, 1.807) is 0 Å². The maximum atomic E-state index is 13.6. The first-order valence-electron chi connectivity index (χ1n) is 35.2. The molecule has 85 heavy (non-hydrogen) atoms. The number of carbonyl (C=O) groups excluding carboxylic acids is 2. The van der Waals surface area contributed by atoms with Crippen molar-refractivity contribution in [1.29, 1.82) is 0 Å². The molecule has 0 bridgehead atoms. The lowest BCUT2D eigenvalue weighted by Crippen LogP contribution is -2.47. The minimum Gasteiger partial charge on any atom is -0.456 e. The number of carbonyl (C=O) groups is 2. The monoisotopic (exact) mass is 1210 g/mol. The van der Waals surface area contributed by atoms with Crippen LogP contribution in [-0.4, -0.2) is 74.3 Å². The van der Waals surface area contributed by atoms with E-state index in [4.69, 9.17) is 13.8 Å². The molecule has 0 saturated heterocycles. The zero-order valence-electron chi connectivity index (χ0n) is 56.1. The van der Waals surface area contributed by atoms with E-state index in [2.05, 4.69) is 123 Å². The van der Waals surface area contributed by atoms with E-state index in [1.165, 1.54) is 154 Å². The van der Waals surface area contributed by atoms with Gasteiger partial charge in [0.2, 0.25) is 5.91 Å². The Morgan fingerprint density at radius 1 is 0.424 bits per heavy atom. The molecule has 9 nitrogen and oxygen atoms in total. The van der Waals surface area contributed by atoms with E-state index in [1.807, 2.05) is 33.3 Å². The molecule has 3 atom stereocenters. The molecule has 3 unspecified atom stereocenters. The summed E-state index contributed by atoms with van der Waals surface area (Å²) in [6.45, 7) is 6.87. The van der Waals surface area contributed by atoms with E-state index in [0.29, 0.717) is 23.9 Å². The third-order valence-electron chi connectivity index (χ3n) is 15.2. The normalized spacial score (nSPS) is 14.2. The number of rotatable bonds is 63. The molecule has 0 rings (SSSR count). The summed E-state index contributed by atoms with van der Waals surface area (Å²) in [5.41, 5.74) is 0. The van der Waals surface area contributed by atoms with Gasteiger partial charge >= 0.3 is 13.8 Å². The van der Waals surface area contributed by atoms with E-state index >= 15 is 0 Å². The summed E-state index contributed by atoms with van der Waals surface area (Å²) in [7, 11) is 1.47. The van der Waals surface area contributed by atoms with Crippen LogP contribution in [0.5, 0.6) is 0 Å². The van der Waals surface area contributed by atoms with Gasteiger partial charge in [-0.3, -0.25) is 18.6 Å². The van der Waals surface area contributed by atoms with Crippen LogP contribution in [0.3, 0.4) is 0 Å². The summed E-state index contributed by atoms with van der Waals surface area (Å²) < 4.78 is 30.8. The van der Waals surface area contributed by atoms with Crippen LogP contribution in [-0.2, 0) is 27.9 Å². The Balaban J connectivity index is 5.19. The van der Waals surface area contributed by atoms with Crippen molar-refractivity contribution in [2.75, 3.05) is 40.9 Å². The topological polar surface area (TPSA) is 111 Å². The highest BCUT2D eigenvalue weighted by Crippen LogP contribution is 2.43. The minimum atomic E-state index is -4.47. The lowest BCUT2D eigenvalue weighted by atomic mass is 10.0. The summed E-state index contributed by atoms with van der Waals surface area (Å²) in [4.78, 5) is 37.9. The number of esters is 1. The summed E-state index contributed by atoms with van der Waals surface area (Å²) in [5, 5.41) is 3.06. The maximum Gasteiger partial charge on any atom is 0.472 e. The zero-order chi connectivity index (χ0) is 62.1. The highest BCUT2D eigenvalue weighted by Gasteiger charge is 2.30. The Kier molecular flexibility index (Phi) is 61.2. The van der Waals surface area contributed by atoms with E-state index in [-0.39, 0.29) is 31.5 Å². The number of quaternary nitrogens is 1. The predicted molar refractivity (Wildman–Crippen MR) is 369 cm³/mol. The number of phosphoric acid groups is 1. The van der Waals surface area contributed by atoms with E-state index in [9.17, 15) is 19.0 Å². The number of ether oxygens (including phenoxy) is 1. The Hall–Kier alpha value is -3.33. The van der Waals surface area contributed by atoms with E-state index < -0.39 is 20.0 Å². The van der Waals surface area contributed by atoms with Gasteiger partial charge in [0.25, 0.3) is 0 Å². The van der Waals surface area contributed by atoms with Gasteiger partial charge in [0, 0.05) is 12.8 Å². The van der Waals surface area contributed by atoms with Crippen LogP contribution in [0.1, 0.15) is 303 Å². The van der Waals surface area contributed by atoms with Crippen LogP contribution in [0, 0.1) is 0 Å². The van der Waals surface area contributed by atoms with Gasteiger partial charge in [0.05, 0.1) is 33.8 Å². The zero-order valence-corrected chi connectivity index (χ0v) is 57.0. The van der Waals surface area contributed by atoms with Gasteiger partial charge in [-0.2, -0.15) is 0 Å². The quantitative estimate of drug-likeness (QED) is 0.0205. The number of amides is 1. The number of hydrogen-bond donors (Lipinski definition) is 2. The van der Waals surface area contributed by atoms with Crippen molar-refractivity contribution in [3.8, 4) is 0 Å². The molecule has 1 amide bonds. The molecule has 10 heteroatoms. The van der Waals surface area contributed by atoms with Crippen molar-refractivity contribution in [2.24, 2.45) is 0 Å². The first-order chi connectivity index (χ1) is 41.4. The minimum absolute atomic E-state index is 0.0302. The average molecular weight is 1210 g/mol. The van der Waals surface area contributed by atoms with Gasteiger partial charge in [-0.1, -0.05) is 285 Å². The third-order valence-corrected chi connectivity index (χ3v) is 16.2. The second kappa shape index (κ2) is 63.7. The van der Waals surface area contributed by atoms with Crippen molar-refractivity contribution >= 4 is 19.7 Å². The molecule has 0 aliphatic carbocycles. The Morgan fingerprint density at radius 3 is 1.15 bits per heavy atom. The van der Waals surface area contributed by atoms with E-state index in [0.717, 1.165) is 109 Å². The maximum absolute atomic E-state index is 13.6. The van der Waals surface area contributed by atoms with Crippen LogP contribution in [0.2, 0.25) is 0 Å². The molecule has 0 aliphatic rings. The molecule has 0 aromatic carbocycles. The molecular weight excluding hydrogens is 1070 g/mol. The number of phosphoric ester groups is 1. The first-order valence-corrected chi connectivity index (χ1v) is 36.7. The second-order valence-electron chi connectivity index (χ2n) is 24.7. The molecule has 0 radical (unpaired) electrons. The van der Waals surface area contributed by atoms with Crippen LogP contribution in [0.4, 0.5) is 0 Å². The third kappa shape index (κ3) is 65.0. The van der Waals surface area contributed by atoms with Crippen LogP contribution in [0.15, 0.2) is 109 Å². The van der Waals surface area contributed by atoms with Gasteiger partial charge in [-0.15, -0.1) is 0 Å². The van der Waals surface area contributed by atoms with Gasteiger partial charge < -0.3 is 19.4 Å². The number of likely N-dealkylation sites (N-methyl/N-ethyl adjacent to an activating group) is 1. The number of allylic oxidation sites excluding steroid dienone is 17. The SMILES string of the molecule is CC/C=C\C/C=C\C/C=C\C/C=C\C/C=C\C/C=C\CCCCCCC(=O)NC(COP(=O)(O)OCC[N+](C)(C)C)C(/C=C/CCCCCCCCCCCCC)OC(=O)CCCCCCCCCCCCCCC/C=C\C/C=C\CCCCC. The average Bonchev–Trinajstić information content (AvgIpc) is 3.52. The molecule has 0 aliphatic heterocycles. The van der Waals surface area contributed by atoms with Crippen LogP contribution >= 0.6 is 7.82 Å². The lowest BCUT2D eigenvalue weighted by Gasteiger charge is -2.27. The summed E-state index contributed by atoms with van der Waals surface area (Å²) in [6, 6.07) is -0.870. The van der Waals surface area contributed by atoms with Crippen molar-refractivity contribution in [3.63, 3.8) is 0 Å². The Labute approximate surface area is 525 Å². The fourth-order valence-electron chi connectivity index (χ4n) is 9.80. The van der Waals surface area contributed by atoms with Gasteiger partial charge in [-0.25, -0.2) is 4.57 Å². The number of nitrogens with zero attached hydrogens (tertiary/aromatic N) is 1. The fraction of sp³-hybridized carbons (Fsp3) is 0.733. The highest BCUT2D eigenvalue weighted by atomic mass is 31.2. The van der Waals surface area contributed by atoms with Crippen LogP contribution < -0.4 is 5.32 Å². The first kappa shape index (κ1) is 81.7. The van der Waals surface area contributed by atoms with Gasteiger partial charge in [0.15, 0.2) is 0 Å². The molecule has 0 fully saturated rings. The van der Waals surface area contributed by atoms with Gasteiger partial charge in [0.1, 0.15) is 19.3 Å². The number of hydrogen-bond acceptors (Lipinski definition) is 6. The Morgan fingerprint density at radius 2 is 0.753 bits per heavy atom. The van der Waals surface area contributed by atoms with Crippen molar-refractivity contribution in [1.82, 2.24) is 5.32 Å². The summed E-state index contributed by atoms with van der Waals surface area (Å²) in [6.07, 6.45) is 88.1. The molecule has 0 aromatic rings. The fourth-order valence-corrected chi connectivity index (χ4v) is 10.5.